The van der Waals surface area contributed by atoms with Crippen molar-refractivity contribution in [1.29, 1.82) is 0 Å². The summed E-state index contributed by atoms with van der Waals surface area (Å²) in [7, 11) is -0.0174. The van der Waals surface area contributed by atoms with Crippen LogP contribution in [0.2, 0.25) is 0 Å². The van der Waals surface area contributed by atoms with Crippen molar-refractivity contribution in [3.63, 3.8) is 0 Å². The molecule has 0 saturated heterocycles. The van der Waals surface area contributed by atoms with Crippen LogP contribution in [0.15, 0.2) is 47.4 Å². The van der Waals surface area contributed by atoms with Crippen LogP contribution in [-0.4, -0.2) is 76.7 Å². The van der Waals surface area contributed by atoms with Gasteiger partial charge in [0.2, 0.25) is 10.0 Å². The molecule has 2 atom stereocenters. The standard InChI is InChI=1S/C31H47IN2O6S/c1-5-7-15-31(16-8-6-2)30(35)29(27-23-25(34(3)4)11-14-28(27)41(36,37)33-31)24-9-12-26(13-10-24)40-22-21-39-20-19-38-18-17-32/h9-14,23,29-30,33,35H,5-8,15-22H2,1-4H3/t29-,30-/m1/s1. The zero-order valence-electron chi connectivity index (χ0n) is 24.9. The van der Waals surface area contributed by atoms with Gasteiger partial charge in [-0.1, -0.05) is 74.3 Å². The van der Waals surface area contributed by atoms with Gasteiger partial charge in [0.15, 0.2) is 0 Å². The highest BCUT2D eigenvalue weighted by atomic mass is 127. The van der Waals surface area contributed by atoms with E-state index in [0.717, 1.165) is 48.0 Å². The minimum Gasteiger partial charge on any atom is -0.491 e. The van der Waals surface area contributed by atoms with E-state index in [1.807, 2.05) is 55.4 Å². The fourth-order valence-corrected chi connectivity index (χ4v) is 7.43. The third-order valence-corrected chi connectivity index (χ3v) is 9.70. The van der Waals surface area contributed by atoms with Gasteiger partial charge < -0.3 is 24.2 Å². The minimum atomic E-state index is -3.87. The number of halogens is 1. The molecule has 0 unspecified atom stereocenters. The summed E-state index contributed by atoms with van der Waals surface area (Å²) in [6.45, 7) is 6.87. The first-order valence-electron chi connectivity index (χ1n) is 14.7. The lowest BCUT2D eigenvalue weighted by Gasteiger charge is -2.40. The fraction of sp³-hybridized carbons (Fsp3) is 0.613. The molecule has 10 heteroatoms. The number of anilines is 1. The largest absolute Gasteiger partial charge is 0.491 e. The molecule has 0 amide bonds. The lowest BCUT2D eigenvalue weighted by molar-refractivity contribution is 0.0416. The second-order valence-corrected chi connectivity index (χ2v) is 13.6. The first kappa shape index (κ1) is 34.1. The lowest BCUT2D eigenvalue weighted by atomic mass is 9.73. The molecule has 2 aromatic rings. The van der Waals surface area contributed by atoms with E-state index in [4.69, 9.17) is 14.2 Å². The number of fused-ring (bicyclic) bond motifs is 1. The van der Waals surface area contributed by atoms with Crippen molar-refractivity contribution < 1.29 is 27.7 Å². The number of aliphatic hydroxyl groups excluding tert-OH is 1. The normalized spacial score (nSPS) is 19.4. The maximum atomic E-state index is 13.9. The topological polar surface area (TPSA) is 97.3 Å². The van der Waals surface area contributed by atoms with Crippen molar-refractivity contribution in [2.75, 3.05) is 56.5 Å². The molecule has 0 fully saturated rings. The predicted molar refractivity (Wildman–Crippen MR) is 173 cm³/mol. The van der Waals surface area contributed by atoms with E-state index in [2.05, 4.69) is 41.2 Å². The average molecular weight is 703 g/mol. The van der Waals surface area contributed by atoms with Crippen molar-refractivity contribution in [1.82, 2.24) is 4.72 Å². The van der Waals surface area contributed by atoms with Crippen LogP contribution in [-0.2, 0) is 19.5 Å². The summed E-state index contributed by atoms with van der Waals surface area (Å²) in [6, 6.07) is 13.0. The number of benzene rings is 2. The van der Waals surface area contributed by atoms with Crippen LogP contribution in [0.3, 0.4) is 0 Å². The Balaban J connectivity index is 1.94. The molecule has 1 aliphatic heterocycles. The van der Waals surface area contributed by atoms with Gasteiger partial charge >= 0.3 is 0 Å². The maximum absolute atomic E-state index is 13.9. The predicted octanol–water partition coefficient (Wildman–Crippen LogP) is 5.50. The lowest BCUT2D eigenvalue weighted by Crippen LogP contribution is -2.56. The second-order valence-electron chi connectivity index (χ2n) is 10.8. The minimum absolute atomic E-state index is 0.224. The number of alkyl halides is 1. The van der Waals surface area contributed by atoms with Crippen LogP contribution in [0.5, 0.6) is 5.75 Å². The Kier molecular flexibility index (Phi) is 13.6. The highest BCUT2D eigenvalue weighted by molar-refractivity contribution is 14.1. The molecule has 1 heterocycles. The number of aliphatic hydroxyl groups is 1. The average Bonchev–Trinajstić information content (AvgIpc) is 3.03. The molecule has 230 valence electrons. The van der Waals surface area contributed by atoms with Crippen LogP contribution in [0.4, 0.5) is 5.69 Å². The molecule has 0 radical (unpaired) electrons. The van der Waals surface area contributed by atoms with Crippen molar-refractivity contribution in [2.24, 2.45) is 0 Å². The van der Waals surface area contributed by atoms with Gasteiger partial charge in [-0.3, -0.25) is 0 Å². The second kappa shape index (κ2) is 16.4. The van der Waals surface area contributed by atoms with Gasteiger partial charge in [-0.2, -0.15) is 0 Å². The molecule has 0 aromatic heterocycles. The summed E-state index contributed by atoms with van der Waals surface area (Å²) in [4.78, 5) is 2.17. The van der Waals surface area contributed by atoms with E-state index in [-0.39, 0.29) is 4.90 Å². The van der Waals surface area contributed by atoms with Gasteiger partial charge in [-0.25, -0.2) is 13.1 Å². The SMILES string of the molecule is CCCCC1(CCCC)NS(=O)(=O)c2ccc(N(C)C)cc2[C@@H](c2ccc(OCCOCCOCCI)cc2)[C@H]1O. The Morgan fingerprint density at radius 2 is 1.54 bits per heavy atom. The smallest absolute Gasteiger partial charge is 0.241 e. The van der Waals surface area contributed by atoms with Crippen molar-refractivity contribution in [3.8, 4) is 5.75 Å². The number of ether oxygens (including phenoxy) is 3. The van der Waals surface area contributed by atoms with Gasteiger partial charge in [0.05, 0.1) is 43.0 Å². The Morgan fingerprint density at radius 3 is 2.12 bits per heavy atom. The molecule has 2 aromatic carbocycles. The summed E-state index contributed by atoms with van der Waals surface area (Å²) in [6.07, 6.45) is 3.63. The first-order valence-corrected chi connectivity index (χ1v) is 17.7. The molecule has 0 spiro atoms. The molecule has 41 heavy (non-hydrogen) atoms. The Labute approximate surface area is 260 Å². The summed E-state index contributed by atoms with van der Waals surface area (Å²) in [5.41, 5.74) is 1.37. The number of nitrogens with one attached hydrogen (secondary N) is 1. The fourth-order valence-electron chi connectivity index (χ4n) is 5.41. The van der Waals surface area contributed by atoms with E-state index >= 15 is 0 Å². The molecule has 0 aliphatic carbocycles. The van der Waals surface area contributed by atoms with E-state index in [0.29, 0.717) is 50.6 Å². The van der Waals surface area contributed by atoms with Crippen LogP contribution in [0.25, 0.3) is 0 Å². The number of sulfonamides is 1. The maximum Gasteiger partial charge on any atom is 0.241 e. The van der Waals surface area contributed by atoms with Crippen LogP contribution >= 0.6 is 22.6 Å². The van der Waals surface area contributed by atoms with Crippen molar-refractivity contribution in [2.45, 2.75) is 74.8 Å². The monoisotopic (exact) mass is 702 g/mol. The number of hydrogen-bond donors (Lipinski definition) is 2. The molecule has 3 rings (SSSR count). The highest BCUT2D eigenvalue weighted by Gasteiger charge is 2.49. The molecule has 0 bridgehead atoms. The van der Waals surface area contributed by atoms with Gasteiger partial charge in [-0.15, -0.1) is 0 Å². The molecular weight excluding hydrogens is 655 g/mol. The highest BCUT2D eigenvalue weighted by Crippen LogP contribution is 2.44. The Hall–Kier alpha value is -1.44. The number of unbranched alkanes of at least 4 members (excludes halogenated alkanes) is 2. The van der Waals surface area contributed by atoms with Gasteiger partial charge in [0.1, 0.15) is 12.4 Å². The van der Waals surface area contributed by atoms with Gasteiger partial charge in [0.25, 0.3) is 0 Å². The molecule has 0 saturated carbocycles. The zero-order chi connectivity index (χ0) is 29.9. The molecule has 2 N–H and O–H groups in total. The number of nitrogens with zero attached hydrogens (tertiary/aromatic N) is 1. The third-order valence-electron chi connectivity index (χ3n) is 7.64. The van der Waals surface area contributed by atoms with E-state index in [9.17, 15) is 13.5 Å². The van der Waals surface area contributed by atoms with E-state index < -0.39 is 27.6 Å². The van der Waals surface area contributed by atoms with Crippen molar-refractivity contribution >= 4 is 38.3 Å². The summed E-state index contributed by atoms with van der Waals surface area (Å²) < 4.78 is 48.6. The number of hydrogen-bond acceptors (Lipinski definition) is 7. The third kappa shape index (κ3) is 9.03. The quantitative estimate of drug-likeness (QED) is 0.128. The van der Waals surface area contributed by atoms with Gasteiger partial charge in [0, 0.05) is 30.1 Å². The number of rotatable bonds is 17. The molecular formula is C31H47IN2O6S. The first-order chi connectivity index (χ1) is 19.7. The summed E-state index contributed by atoms with van der Waals surface area (Å²) in [5, 5.41) is 12.2. The van der Waals surface area contributed by atoms with E-state index in [1.165, 1.54) is 0 Å². The van der Waals surface area contributed by atoms with Crippen LogP contribution < -0.4 is 14.4 Å². The molecule has 8 nitrogen and oxygen atoms in total. The van der Waals surface area contributed by atoms with Crippen molar-refractivity contribution in [3.05, 3.63) is 53.6 Å². The molecule has 1 aliphatic rings. The Bertz CT molecular complexity index is 1170. The summed E-state index contributed by atoms with van der Waals surface area (Å²) in [5.74, 6) is 0.154. The van der Waals surface area contributed by atoms with Crippen LogP contribution in [0, 0.1) is 0 Å². The van der Waals surface area contributed by atoms with Crippen LogP contribution in [0.1, 0.15) is 69.4 Å². The zero-order valence-corrected chi connectivity index (χ0v) is 27.9. The van der Waals surface area contributed by atoms with E-state index in [1.54, 1.807) is 6.07 Å². The van der Waals surface area contributed by atoms with Gasteiger partial charge in [-0.05, 0) is 54.3 Å². The Morgan fingerprint density at radius 1 is 0.927 bits per heavy atom. The summed E-state index contributed by atoms with van der Waals surface area (Å²) >= 11 is 2.27.